The van der Waals surface area contributed by atoms with Crippen molar-refractivity contribution in [2.24, 2.45) is 11.3 Å². The van der Waals surface area contributed by atoms with Crippen molar-refractivity contribution in [1.29, 1.82) is 0 Å². The van der Waals surface area contributed by atoms with E-state index in [1.54, 1.807) is 6.07 Å². The number of rotatable bonds is 9. The van der Waals surface area contributed by atoms with Gasteiger partial charge in [-0.15, -0.1) is 0 Å². The number of hydrogen-bond donors (Lipinski definition) is 4. The van der Waals surface area contributed by atoms with Crippen molar-refractivity contribution < 1.29 is 47.5 Å². The minimum absolute atomic E-state index is 0.0147. The van der Waals surface area contributed by atoms with Crippen LogP contribution in [-0.2, 0) is 23.5 Å². The highest BCUT2D eigenvalue weighted by Gasteiger charge is 2.61. The van der Waals surface area contributed by atoms with Crippen LogP contribution in [-0.4, -0.2) is 88.4 Å². The van der Waals surface area contributed by atoms with Crippen LogP contribution in [0.25, 0.3) is 0 Å². The largest absolute Gasteiger partial charge is 0.489 e. The molecule has 2 amide bonds. The lowest BCUT2D eigenvalue weighted by molar-refractivity contribution is -0.145. The Labute approximate surface area is 219 Å². The van der Waals surface area contributed by atoms with E-state index in [-0.39, 0.29) is 43.5 Å². The Kier molecular flexibility index (Phi) is 8.27. The molecule has 2 aliphatic heterocycles. The number of aliphatic hydroxyl groups excluding tert-OH is 1. The van der Waals surface area contributed by atoms with Gasteiger partial charge in [0.15, 0.2) is 0 Å². The zero-order chi connectivity index (χ0) is 27.8. The number of ketones is 1. The number of carbonyl (C=O) groups is 3. The van der Waals surface area contributed by atoms with Crippen LogP contribution in [0.3, 0.4) is 0 Å². The summed E-state index contributed by atoms with van der Waals surface area (Å²) >= 11 is 0. The Morgan fingerprint density at radius 3 is 2.55 bits per heavy atom. The smallest absolute Gasteiger partial charge is 0.469 e. The van der Waals surface area contributed by atoms with Gasteiger partial charge in [0.1, 0.15) is 17.3 Å². The lowest BCUT2D eigenvalue weighted by Crippen LogP contribution is -2.52. The molecule has 1 aromatic rings. The van der Waals surface area contributed by atoms with E-state index < -0.39 is 43.2 Å². The quantitative estimate of drug-likeness (QED) is 0.248. The number of nitrogens with one attached hydrogen (secondary N) is 1. The predicted octanol–water partition coefficient (Wildman–Crippen LogP) is 0.586. The molecule has 4 unspecified atom stereocenters. The maximum Gasteiger partial charge on any atom is 0.469 e. The number of phosphoric acid groups is 1. The third-order valence-electron chi connectivity index (χ3n) is 7.32. The summed E-state index contributed by atoms with van der Waals surface area (Å²) in [7, 11) is -4.94. The first-order valence-electron chi connectivity index (χ1n) is 12.5. The first kappa shape index (κ1) is 28.6. The standard InChI is InChI=1S/C24H33FN3O9P/c1-14(2)36-20-4-3-15(25)9-18(20)28-7-5-27(6-8-28)13-16(29)11-24-12-19(30)21(37-38(33,34)35)10-17(24)22(31)26-23(24)32/h3-4,9,14,17,19,21,30H,5-8,10-13H2,1-2H3,(H,26,31,32)(H2,33,34,35). The third kappa shape index (κ3) is 6.24. The summed E-state index contributed by atoms with van der Waals surface area (Å²) < 4.78 is 35.7. The maximum absolute atomic E-state index is 14.0. The second kappa shape index (κ2) is 11.0. The Morgan fingerprint density at radius 1 is 1.24 bits per heavy atom. The molecule has 38 heavy (non-hydrogen) atoms. The first-order chi connectivity index (χ1) is 17.8. The number of halogens is 1. The van der Waals surface area contributed by atoms with E-state index in [0.717, 1.165) is 0 Å². The Bertz CT molecular complexity index is 1140. The Hall–Kier alpha value is -2.41. The number of benzene rings is 1. The van der Waals surface area contributed by atoms with E-state index in [1.165, 1.54) is 12.1 Å². The number of aliphatic hydroxyl groups is 1. The zero-order valence-corrected chi connectivity index (χ0v) is 22.1. The van der Waals surface area contributed by atoms with Crippen LogP contribution >= 0.6 is 7.82 Å². The van der Waals surface area contributed by atoms with Crippen molar-refractivity contribution in [3.63, 3.8) is 0 Å². The number of carbonyl (C=O) groups excluding carboxylic acids is 3. The first-order valence-corrected chi connectivity index (χ1v) is 14.0. The maximum atomic E-state index is 14.0. The van der Waals surface area contributed by atoms with E-state index in [9.17, 15) is 28.4 Å². The molecule has 3 fully saturated rings. The molecule has 0 aromatic heterocycles. The third-order valence-corrected chi connectivity index (χ3v) is 7.87. The summed E-state index contributed by atoms with van der Waals surface area (Å²) in [5, 5.41) is 12.7. The van der Waals surface area contributed by atoms with Gasteiger partial charge in [0.25, 0.3) is 0 Å². The fraction of sp³-hybridized carbons (Fsp3) is 0.625. The second-order valence-corrected chi connectivity index (χ2v) is 11.6. The molecule has 0 radical (unpaired) electrons. The number of ether oxygens (including phenoxy) is 1. The number of Topliss-reactive ketones (excluding diaryl/α,β-unsaturated/α-hetero) is 1. The van der Waals surface area contributed by atoms with E-state index in [4.69, 9.17) is 14.5 Å². The van der Waals surface area contributed by atoms with Crippen molar-refractivity contribution in [2.75, 3.05) is 37.6 Å². The fourth-order valence-electron chi connectivity index (χ4n) is 5.65. The molecule has 4 N–H and O–H groups in total. The van der Waals surface area contributed by atoms with Crippen molar-refractivity contribution in [2.45, 2.75) is 51.4 Å². The fourth-order valence-corrected chi connectivity index (χ4v) is 6.23. The van der Waals surface area contributed by atoms with Crippen LogP contribution in [0, 0.1) is 17.2 Å². The second-order valence-electron chi connectivity index (χ2n) is 10.4. The van der Waals surface area contributed by atoms with Gasteiger partial charge in [-0.05, 0) is 38.8 Å². The predicted molar refractivity (Wildman–Crippen MR) is 132 cm³/mol. The van der Waals surface area contributed by atoms with Gasteiger partial charge in [-0.25, -0.2) is 8.96 Å². The Balaban J connectivity index is 1.39. The summed E-state index contributed by atoms with van der Waals surface area (Å²) in [5.74, 6) is -2.49. The number of imide groups is 1. The molecule has 3 aliphatic rings. The molecular weight excluding hydrogens is 524 g/mol. The number of phosphoric ester groups is 1. The van der Waals surface area contributed by atoms with Crippen LogP contribution in [0.1, 0.15) is 33.1 Å². The van der Waals surface area contributed by atoms with Gasteiger partial charge < -0.3 is 24.5 Å². The minimum atomic E-state index is -4.94. The summed E-state index contributed by atoms with van der Waals surface area (Å²) in [6.07, 6.45) is -3.81. The molecule has 0 bridgehead atoms. The highest BCUT2D eigenvalue weighted by Crippen LogP contribution is 2.51. The monoisotopic (exact) mass is 557 g/mol. The van der Waals surface area contributed by atoms with E-state index >= 15 is 0 Å². The van der Waals surface area contributed by atoms with Crippen LogP contribution in [0.2, 0.25) is 0 Å². The minimum Gasteiger partial charge on any atom is -0.489 e. The van der Waals surface area contributed by atoms with Crippen molar-refractivity contribution in [3.05, 3.63) is 24.0 Å². The van der Waals surface area contributed by atoms with Gasteiger partial charge in [-0.2, -0.15) is 0 Å². The number of hydrogen-bond acceptors (Lipinski definition) is 9. The number of nitrogens with zero attached hydrogens (tertiary/aromatic N) is 2. The highest BCUT2D eigenvalue weighted by atomic mass is 31.2. The molecule has 1 aliphatic carbocycles. The van der Waals surface area contributed by atoms with Gasteiger partial charge >= 0.3 is 7.82 Å². The molecule has 4 atom stereocenters. The lowest BCUT2D eigenvalue weighted by atomic mass is 9.63. The average Bonchev–Trinajstić information content (AvgIpc) is 3.03. The summed E-state index contributed by atoms with van der Waals surface area (Å²) in [5.41, 5.74) is -0.870. The number of amides is 2. The summed E-state index contributed by atoms with van der Waals surface area (Å²) in [4.78, 5) is 60.5. The number of anilines is 1. The van der Waals surface area contributed by atoms with Crippen molar-refractivity contribution in [1.82, 2.24) is 10.2 Å². The molecule has 12 nitrogen and oxygen atoms in total. The summed E-state index contributed by atoms with van der Waals surface area (Å²) in [6.45, 7) is 5.79. The number of piperazine rings is 1. The Morgan fingerprint density at radius 2 is 1.92 bits per heavy atom. The molecule has 1 saturated carbocycles. The van der Waals surface area contributed by atoms with Gasteiger partial charge in [-0.3, -0.25) is 29.1 Å². The molecule has 0 spiro atoms. The van der Waals surface area contributed by atoms with Crippen molar-refractivity contribution >= 4 is 31.1 Å². The molecule has 2 saturated heterocycles. The van der Waals surface area contributed by atoms with Crippen LogP contribution in [0.15, 0.2) is 18.2 Å². The van der Waals surface area contributed by atoms with Gasteiger partial charge in [0, 0.05) is 38.7 Å². The van der Waals surface area contributed by atoms with Crippen LogP contribution in [0.4, 0.5) is 10.1 Å². The average molecular weight is 558 g/mol. The molecule has 210 valence electrons. The highest BCUT2D eigenvalue weighted by molar-refractivity contribution is 7.46. The zero-order valence-electron chi connectivity index (χ0n) is 21.2. The molecule has 14 heteroatoms. The van der Waals surface area contributed by atoms with E-state index in [0.29, 0.717) is 37.6 Å². The molecule has 4 rings (SSSR count). The molecule has 1 aromatic carbocycles. The normalized spacial score (nSPS) is 28.4. The van der Waals surface area contributed by atoms with E-state index in [2.05, 4.69) is 9.84 Å². The molecule has 2 heterocycles. The van der Waals surface area contributed by atoms with Gasteiger partial charge in [-0.1, -0.05) is 0 Å². The van der Waals surface area contributed by atoms with Gasteiger partial charge in [0.05, 0.1) is 41.9 Å². The summed E-state index contributed by atoms with van der Waals surface area (Å²) in [6, 6.07) is 4.36. The van der Waals surface area contributed by atoms with Crippen LogP contribution in [0.5, 0.6) is 5.75 Å². The lowest BCUT2D eigenvalue weighted by Gasteiger charge is -2.41. The van der Waals surface area contributed by atoms with E-state index in [1.807, 2.05) is 23.6 Å². The van der Waals surface area contributed by atoms with Crippen molar-refractivity contribution in [3.8, 4) is 5.75 Å². The van der Waals surface area contributed by atoms with Crippen LogP contribution < -0.4 is 15.0 Å². The molecular formula is C24H33FN3O9P. The number of fused-ring (bicyclic) bond motifs is 1. The SMILES string of the molecule is CC(C)Oc1ccc(F)cc1N1CCN(CC(=O)CC23CC(O)C(OP(=O)(O)O)CC2C(=O)NC3=O)CC1. The van der Waals surface area contributed by atoms with Gasteiger partial charge in [0.2, 0.25) is 11.8 Å². The topological polar surface area (TPSA) is 166 Å².